The molecule has 0 spiro atoms. The Hall–Kier alpha value is -1.53. The first-order valence-corrected chi connectivity index (χ1v) is 28.6. The van der Waals surface area contributed by atoms with Crippen LogP contribution in [-0.4, -0.2) is 140 Å². The molecule has 2 saturated heterocycles. The minimum atomic E-state index is -1.79. The third-order valence-corrected chi connectivity index (χ3v) is 14.1. The summed E-state index contributed by atoms with van der Waals surface area (Å²) in [5.41, 5.74) is 0. The highest BCUT2D eigenvalue weighted by Crippen LogP contribution is 2.30. The summed E-state index contributed by atoms with van der Waals surface area (Å²) in [5, 5.41) is 86.9. The molecule has 2 aliphatic heterocycles. The van der Waals surface area contributed by atoms with Crippen LogP contribution in [0.15, 0.2) is 24.3 Å². The van der Waals surface area contributed by atoms with Crippen LogP contribution in [0, 0.1) is 0 Å². The summed E-state index contributed by atoms with van der Waals surface area (Å²) in [5.74, 6) is -0.246. The Labute approximate surface area is 424 Å². The first-order valence-electron chi connectivity index (χ1n) is 28.6. The van der Waals surface area contributed by atoms with Crippen molar-refractivity contribution in [2.75, 3.05) is 19.8 Å². The van der Waals surface area contributed by atoms with Crippen LogP contribution in [0.3, 0.4) is 0 Å². The Bertz CT molecular complexity index is 1270. The van der Waals surface area contributed by atoms with Crippen molar-refractivity contribution in [2.45, 2.75) is 306 Å². The van der Waals surface area contributed by atoms with Gasteiger partial charge in [-0.2, -0.15) is 0 Å². The highest BCUT2D eigenvalue weighted by molar-refractivity contribution is 5.76. The zero-order valence-electron chi connectivity index (χ0n) is 44.0. The molecular formula is C56H105NO13. The molecule has 14 heteroatoms. The summed E-state index contributed by atoms with van der Waals surface area (Å²) < 4.78 is 22.7. The summed E-state index contributed by atoms with van der Waals surface area (Å²) >= 11 is 0. The second kappa shape index (κ2) is 42.8. The Morgan fingerprint density at radius 3 is 1.40 bits per heavy atom. The van der Waals surface area contributed by atoms with Gasteiger partial charge in [-0.3, -0.25) is 4.79 Å². The van der Waals surface area contributed by atoms with Gasteiger partial charge in [0, 0.05) is 6.42 Å². The summed E-state index contributed by atoms with van der Waals surface area (Å²) in [7, 11) is 0. The van der Waals surface area contributed by atoms with Crippen LogP contribution in [-0.2, 0) is 23.7 Å². The number of aliphatic hydroxyl groups is 8. The van der Waals surface area contributed by atoms with Crippen molar-refractivity contribution in [3.63, 3.8) is 0 Å². The summed E-state index contributed by atoms with van der Waals surface area (Å²) in [4.78, 5) is 13.2. The predicted molar refractivity (Wildman–Crippen MR) is 277 cm³/mol. The van der Waals surface area contributed by atoms with E-state index < -0.39 is 86.8 Å². The molecule has 0 aromatic heterocycles. The Balaban J connectivity index is 1.81. The van der Waals surface area contributed by atoms with Gasteiger partial charge in [0.25, 0.3) is 0 Å². The number of allylic oxidation sites excluding steroid dienone is 3. The number of amides is 1. The van der Waals surface area contributed by atoms with Gasteiger partial charge < -0.3 is 65.1 Å². The van der Waals surface area contributed by atoms with Gasteiger partial charge in [-0.25, -0.2) is 0 Å². The van der Waals surface area contributed by atoms with E-state index in [0.717, 1.165) is 32.1 Å². The molecule has 9 N–H and O–H groups in total. The minimum absolute atomic E-state index is 0.246. The van der Waals surface area contributed by atoms with Crippen LogP contribution in [0.4, 0.5) is 0 Å². The van der Waals surface area contributed by atoms with Crippen molar-refractivity contribution in [3.05, 3.63) is 24.3 Å². The van der Waals surface area contributed by atoms with Crippen LogP contribution < -0.4 is 5.32 Å². The van der Waals surface area contributed by atoms with Crippen LogP contribution in [0.1, 0.15) is 232 Å². The zero-order valence-corrected chi connectivity index (χ0v) is 44.0. The van der Waals surface area contributed by atoms with E-state index in [4.69, 9.17) is 18.9 Å². The second-order valence-corrected chi connectivity index (χ2v) is 20.4. The number of rotatable bonds is 45. The molecule has 0 bridgehead atoms. The second-order valence-electron chi connectivity index (χ2n) is 20.4. The summed E-state index contributed by atoms with van der Waals surface area (Å²) in [6, 6.07) is -0.927. The Morgan fingerprint density at radius 1 is 0.500 bits per heavy atom. The van der Waals surface area contributed by atoms with Crippen LogP contribution in [0.25, 0.3) is 0 Å². The minimum Gasteiger partial charge on any atom is -0.394 e. The fourth-order valence-corrected chi connectivity index (χ4v) is 9.48. The van der Waals surface area contributed by atoms with Gasteiger partial charge in [0.15, 0.2) is 12.6 Å². The highest BCUT2D eigenvalue weighted by Gasteiger charge is 2.51. The van der Waals surface area contributed by atoms with E-state index in [9.17, 15) is 45.6 Å². The maximum absolute atomic E-state index is 13.2. The molecule has 1 amide bonds. The standard InChI is InChI=1S/C56H105NO13/c1-3-5-7-9-11-13-15-17-19-21-23-25-27-29-31-33-35-37-39-45(60)44(57-48(61)40-38-36-34-32-30-28-26-24-22-20-18-16-14-12-10-8-6-4-2)43-67-55-53(66)51(64)54(47(42-59)69-55)70-56-52(65)50(63)49(62)46(41-58)68-56/h29,31,37,39,44-47,49-56,58-60,62-66H,3-28,30,32-36,38,40-43H2,1-2H3,(H,57,61)/b31-29+,39-37+. The quantitative estimate of drug-likeness (QED) is 0.0205. The number of unbranched alkanes of at least 4 members (excludes halogenated alkanes) is 30. The Morgan fingerprint density at radius 2 is 0.914 bits per heavy atom. The van der Waals surface area contributed by atoms with Gasteiger partial charge in [0.2, 0.25) is 5.91 Å². The van der Waals surface area contributed by atoms with E-state index in [0.29, 0.717) is 12.8 Å². The smallest absolute Gasteiger partial charge is 0.220 e. The lowest BCUT2D eigenvalue weighted by Gasteiger charge is -2.46. The lowest BCUT2D eigenvalue weighted by molar-refractivity contribution is -0.359. The van der Waals surface area contributed by atoms with Crippen LogP contribution in [0.2, 0.25) is 0 Å². The van der Waals surface area contributed by atoms with Gasteiger partial charge in [0.05, 0.1) is 32.0 Å². The van der Waals surface area contributed by atoms with Crippen molar-refractivity contribution in [1.29, 1.82) is 0 Å². The van der Waals surface area contributed by atoms with Gasteiger partial charge in [-0.15, -0.1) is 0 Å². The van der Waals surface area contributed by atoms with Crippen molar-refractivity contribution < 1.29 is 64.6 Å². The number of carbonyl (C=O) groups is 1. The van der Waals surface area contributed by atoms with Gasteiger partial charge in [0.1, 0.15) is 48.8 Å². The molecule has 0 aromatic carbocycles. The highest BCUT2D eigenvalue weighted by atomic mass is 16.7. The molecule has 0 aliphatic carbocycles. The third kappa shape index (κ3) is 28.8. The SMILES string of the molecule is CCCCCCCCCCCCCC/C=C/CC/C=C/C(O)C(COC1OC(CO)C(OC2OC(CO)C(O)C(O)C2O)C(O)C1O)NC(=O)CCCCCCCCCCCCCCCCCCCC. The molecule has 2 fully saturated rings. The maximum Gasteiger partial charge on any atom is 0.220 e. The van der Waals surface area contributed by atoms with Crippen molar-refractivity contribution in [1.82, 2.24) is 5.32 Å². The first kappa shape index (κ1) is 64.6. The average Bonchev–Trinajstić information content (AvgIpc) is 3.36. The number of nitrogens with one attached hydrogen (secondary N) is 1. The molecule has 2 rings (SSSR count). The van der Waals surface area contributed by atoms with Crippen LogP contribution >= 0.6 is 0 Å². The van der Waals surface area contributed by atoms with Crippen molar-refractivity contribution >= 4 is 5.91 Å². The molecular weight excluding hydrogens is 895 g/mol. The largest absolute Gasteiger partial charge is 0.394 e. The number of aliphatic hydroxyl groups excluding tert-OH is 8. The molecule has 0 saturated carbocycles. The third-order valence-electron chi connectivity index (χ3n) is 14.1. The van der Waals surface area contributed by atoms with E-state index in [1.165, 1.54) is 167 Å². The molecule has 70 heavy (non-hydrogen) atoms. The van der Waals surface area contributed by atoms with Crippen LogP contribution in [0.5, 0.6) is 0 Å². The molecule has 2 heterocycles. The lowest BCUT2D eigenvalue weighted by atomic mass is 9.97. The summed E-state index contributed by atoms with van der Waals surface area (Å²) in [6.45, 7) is 2.80. The van der Waals surface area contributed by atoms with Gasteiger partial charge >= 0.3 is 0 Å². The fraction of sp³-hybridized carbons (Fsp3) is 0.911. The topological polar surface area (TPSA) is 228 Å². The number of ether oxygens (including phenoxy) is 4. The molecule has 412 valence electrons. The number of carbonyl (C=O) groups excluding carboxylic acids is 1. The molecule has 14 nitrogen and oxygen atoms in total. The van der Waals surface area contributed by atoms with E-state index in [-0.39, 0.29) is 18.9 Å². The molecule has 12 atom stereocenters. The summed E-state index contributed by atoms with van der Waals surface area (Å²) in [6.07, 6.45) is 32.1. The predicted octanol–water partition coefficient (Wildman–Crippen LogP) is 8.89. The van der Waals surface area contributed by atoms with Crippen molar-refractivity contribution in [2.24, 2.45) is 0 Å². The van der Waals surface area contributed by atoms with Gasteiger partial charge in [-0.1, -0.05) is 218 Å². The zero-order chi connectivity index (χ0) is 51.0. The number of hydrogen-bond donors (Lipinski definition) is 9. The maximum atomic E-state index is 13.2. The average molecular weight is 1000 g/mol. The molecule has 0 aromatic rings. The Kier molecular flexibility index (Phi) is 39.5. The van der Waals surface area contributed by atoms with E-state index in [1.54, 1.807) is 6.08 Å². The number of hydrogen-bond acceptors (Lipinski definition) is 13. The van der Waals surface area contributed by atoms with E-state index in [2.05, 4.69) is 31.3 Å². The lowest BCUT2D eigenvalue weighted by Crippen LogP contribution is -2.65. The molecule has 2 aliphatic rings. The molecule has 0 radical (unpaired) electrons. The van der Waals surface area contributed by atoms with E-state index >= 15 is 0 Å². The monoisotopic (exact) mass is 1000 g/mol. The molecule has 12 unspecified atom stereocenters. The first-order chi connectivity index (χ1) is 34.1. The normalized spacial score (nSPS) is 26.1. The van der Waals surface area contributed by atoms with Crippen molar-refractivity contribution in [3.8, 4) is 0 Å². The fourth-order valence-electron chi connectivity index (χ4n) is 9.48. The van der Waals surface area contributed by atoms with E-state index in [1.807, 2.05) is 6.08 Å². The van der Waals surface area contributed by atoms with Gasteiger partial charge in [-0.05, 0) is 32.1 Å².